The SMILES string of the molecule is C/C(N)=C/C(Cl)=C\N. The van der Waals surface area contributed by atoms with Crippen LogP contribution in [-0.4, -0.2) is 0 Å². The van der Waals surface area contributed by atoms with Gasteiger partial charge in [0.15, 0.2) is 0 Å². The van der Waals surface area contributed by atoms with Crippen LogP contribution in [0, 0.1) is 0 Å². The minimum Gasteiger partial charge on any atom is -0.403 e. The van der Waals surface area contributed by atoms with Gasteiger partial charge in [-0.15, -0.1) is 0 Å². The van der Waals surface area contributed by atoms with Gasteiger partial charge >= 0.3 is 0 Å². The molecule has 0 unspecified atom stereocenters. The Kier molecular flexibility index (Phi) is 3.12. The summed E-state index contributed by atoms with van der Waals surface area (Å²) in [5, 5.41) is 0.463. The maximum atomic E-state index is 5.44. The first-order valence-electron chi connectivity index (χ1n) is 2.18. The van der Waals surface area contributed by atoms with E-state index in [1.807, 2.05) is 0 Å². The van der Waals surface area contributed by atoms with E-state index in [-0.39, 0.29) is 0 Å². The van der Waals surface area contributed by atoms with Gasteiger partial charge in [0.25, 0.3) is 0 Å². The predicted molar refractivity (Wildman–Crippen MR) is 36.1 cm³/mol. The number of hydrogen-bond acceptors (Lipinski definition) is 2. The molecule has 0 bridgehead atoms. The molecule has 0 saturated carbocycles. The van der Waals surface area contributed by atoms with Gasteiger partial charge in [0.2, 0.25) is 0 Å². The van der Waals surface area contributed by atoms with Gasteiger partial charge in [0.1, 0.15) is 0 Å². The minimum atomic E-state index is 0.463. The Morgan fingerprint density at radius 1 is 1.62 bits per heavy atom. The lowest BCUT2D eigenvalue weighted by molar-refractivity contribution is 1.31. The van der Waals surface area contributed by atoms with Crippen molar-refractivity contribution in [2.24, 2.45) is 11.5 Å². The van der Waals surface area contributed by atoms with E-state index in [2.05, 4.69) is 0 Å². The standard InChI is InChI=1S/C5H9ClN2/c1-4(8)2-5(6)3-7/h2-3H,7-8H2,1H3/b4-2-,5-3+. The minimum absolute atomic E-state index is 0.463. The van der Waals surface area contributed by atoms with Crippen molar-refractivity contribution in [3.8, 4) is 0 Å². The fourth-order valence-electron chi connectivity index (χ4n) is 0.266. The summed E-state index contributed by atoms with van der Waals surface area (Å²) in [6, 6.07) is 0. The van der Waals surface area contributed by atoms with Crippen LogP contribution in [0.1, 0.15) is 6.92 Å². The van der Waals surface area contributed by atoms with E-state index >= 15 is 0 Å². The van der Waals surface area contributed by atoms with Gasteiger partial charge in [0.05, 0.1) is 5.03 Å². The third-order valence-electron chi connectivity index (χ3n) is 0.525. The molecular weight excluding hydrogens is 124 g/mol. The lowest BCUT2D eigenvalue weighted by Gasteiger charge is -1.86. The molecule has 2 nitrogen and oxygen atoms in total. The van der Waals surface area contributed by atoms with Crippen LogP contribution in [0.5, 0.6) is 0 Å². The van der Waals surface area contributed by atoms with E-state index in [0.29, 0.717) is 10.7 Å². The monoisotopic (exact) mass is 132 g/mol. The fourth-order valence-corrected chi connectivity index (χ4v) is 0.438. The Hall–Kier alpha value is -0.630. The highest BCUT2D eigenvalue weighted by Gasteiger charge is 1.80. The second kappa shape index (κ2) is 3.38. The van der Waals surface area contributed by atoms with Crippen LogP contribution < -0.4 is 11.5 Å². The van der Waals surface area contributed by atoms with Crippen molar-refractivity contribution in [1.29, 1.82) is 0 Å². The summed E-state index contributed by atoms with van der Waals surface area (Å²) in [4.78, 5) is 0. The van der Waals surface area contributed by atoms with Gasteiger partial charge in [-0.2, -0.15) is 0 Å². The highest BCUT2D eigenvalue weighted by Crippen LogP contribution is 2.00. The first-order valence-corrected chi connectivity index (χ1v) is 2.55. The van der Waals surface area contributed by atoms with Crippen molar-refractivity contribution in [1.82, 2.24) is 0 Å². The first kappa shape index (κ1) is 7.37. The van der Waals surface area contributed by atoms with Crippen LogP contribution in [0.2, 0.25) is 0 Å². The van der Waals surface area contributed by atoms with Gasteiger partial charge in [0, 0.05) is 11.9 Å². The molecular formula is C5H9ClN2. The molecule has 3 heteroatoms. The molecule has 0 saturated heterocycles. The summed E-state index contributed by atoms with van der Waals surface area (Å²) in [7, 11) is 0. The zero-order chi connectivity index (χ0) is 6.57. The van der Waals surface area contributed by atoms with Crippen molar-refractivity contribution in [3.05, 3.63) is 23.0 Å². The number of hydrogen-bond donors (Lipinski definition) is 2. The summed E-state index contributed by atoms with van der Waals surface area (Å²) in [5.74, 6) is 0. The van der Waals surface area contributed by atoms with Gasteiger partial charge < -0.3 is 11.5 Å². The smallest absolute Gasteiger partial charge is 0.0577 e. The summed E-state index contributed by atoms with van der Waals surface area (Å²) in [6.07, 6.45) is 2.87. The Labute approximate surface area is 53.8 Å². The maximum absolute atomic E-state index is 5.44. The topological polar surface area (TPSA) is 52.0 Å². The van der Waals surface area contributed by atoms with Gasteiger partial charge in [-0.05, 0) is 13.0 Å². The van der Waals surface area contributed by atoms with Crippen LogP contribution in [0.15, 0.2) is 23.0 Å². The number of nitrogens with two attached hydrogens (primary N) is 2. The lowest BCUT2D eigenvalue weighted by atomic mass is 10.4. The van der Waals surface area contributed by atoms with Gasteiger partial charge in [-0.1, -0.05) is 11.6 Å². The fraction of sp³-hybridized carbons (Fsp3) is 0.200. The molecule has 0 aromatic carbocycles. The summed E-state index contributed by atoms with van der Waals surface area (Å²) < 4.78 is 0. The highest BCUT2D eigenvalue weighted by atomic mass is 35.5. The number of halogens is 1. The molecule has 0 fully saturated rings. The van der Waals surface area contributed by atoms with Gasteiger partial charge in [-0.3, -0.25) is 0 Å². The molecule has 0 radical (unpaired) electrons. The summed E-state index contributed by atoms with van der Waals surface area (Å²) in [5.41, 5.74) is 10.9. The molecule has 0 aliphatic carbocycles. The van der Waals surface area contributed by atoms with Crippen molar-refractivity contribution in [2.75, 3.05) is 0 Å². The van der Waals surface area contributed by atoms with Crippen molar-refractivity contribution in [2.45, 2.75) is 6.92 Å². The first-order chi connectivity index (χ1) is 3.66. The molecule has 8 heavy (non-hydrogen) atoms. The number of allylic oxidation sites excluding steroid dienone is 3. The van der Waals surface area contributed by atoms with Crippen LogP contribution in [-0.2, 0) is 0 Å². The molecule has 0 amide bonds. The molecule has 0 aliphatic heterocycles. The largest absolute Gasteiger partial charge is 0.403 e. The quantitative estimate of drug-likeness (QED) is 0.521. The Morgan fingerprint density at radius 3 is 2.25 bits per heavy atom. The second-order valence-corrected chi connectivity index (χ2v) is 1.88. The molecule has 0 atom stereocenters. The van der Waals surface area contributed by atoms with Crippen molar-refractivity contribution < 1.29 is 0 Å². The highest BCUT2D eigenvalue weighted by molar-refractivity contribution is 6.31. The van der Waals surface area contributed by atoms with Crippen molar-refractivity contribution >= 4 is 11.6 Å². The molecule has 0 aromatic heterocycles. The van der Waals surface area contributed by atoms with E-state index in [9.17, 15) is 0 Å². The zero-order valence-electron chi connectivity index (χ0n) is 4.69. The second-order valence-electron chi connectivity index (χ2n) is 1.44. The molecule has 0 spiro atoms. The molecule has 0 heterocycles. The van der Waals surface area contributed by atoms with E-state index < -0.39 is 0 Å². The van der Waals surface area contributed by atoms with Crippen LogP contribution in [0.25, 0.3) is 0 Å². The Bertz CT molecular complexity index is 122. The van der Waals surface area contributed by atoms with Crippen LogP contribution in [0.3, 0.4) is 0 Å². The number of rotatable bonds is 1. The maximum Gasteiger partial charge on any atom is 0.0577 e. The third-order valence-corrected chi connectivity index (χ3v) is 0.760. The third kappa shape index (κ3) is 3.56. The molecule has 0 rings (SSSR count). The van der Waals surface area contributed by atoms with E-state index in [4.69, 9.17) is 23.1 Å². The Balaban J connectivity index is 3.89. The van der Waals surface area contributed by atoms with E-state index in [0.717, 1.165) is 0 Å². The van der Waals surface area contributed by atoms with E-state index in [1.54, 1.807) is 13.0 Å². The summed E-state index contributed by atoms with van der Waals surface area (Å²) >= 11 is 5.44. The molecule has 4 N–H and O–H groups in total. The predicted octanol–water partition coefficient (Wildman–Crippen LogP) is 0.888. The summed E-state index contributed by atoms with van der Waals surface area (Å²) in [6.45, 7) is 1.74. The van der Waals surface area contributed by atoms with Gasteiger partial charge in [-0.25, -0.2) is 0 Å². The molecule has 0 aliphatic rings. The lowest BCUT2D eigenvalue weighted by Crippen LogP contribution is -1.90. The van der Waals surface area contributed by atoms with Crippen LogP contribution in [0.4, 0.5) is 0 Å². The van der Waals surface area contributed by atoms with E-state index in [1.165, 1.54) is 6.20 Å². The Morgan fingerprint density at radius 2 is 2.12 bits per heavy atom. The van der Waals surface area contributed by atoms with Crippen LogP contribution >= 0.6 is 11.6 Å². The normalized spacial score (nSPS) is 14.2. The molecule has 46 valence electrons. The average Bonchev–Trinajstić information content (AvgIpc) is 1.65. The average molecular weight is 133 g/mol. The zero-order valence-corrected chi connectivity index (χ0v) is 5.44. The van der Waals surface area contributed by atoms with Crippen molar-refractivity contribution in [3.63, 3.8) is 0 Å². The molecule has 0 aromatic rings.